The summed E-state index contributed by atoms with van der Waals surface area (Å²) in [6, 6.07) is 0. The van der Waals surface area contributed by atoms with Crippen molar-refractivity contribution < 1.29 is 9.59 Å². The molecule has 16 heavy (non-hydrogen) atoms. The van der Waals surface area contributed by atoms with Crippen LogP contribution in [0.2, 0.25) is 0 Å². The minimum atomic E-state index is 0.0691. The number of Topliss-reactive ketones (excluding diaryl/α,β-unsaturated/α-hetero) is 2. The molecular weight excluding hydrogens is 200 g/mol. The Bertz CT molecular complexity index is 274. The molecule has 0 radical (unpaired) electrons. The number of hydrogen-bond acceptors (Lipinski definition) is 2. The van der Waals surface area contributed by atoms with E-state index in [4.69, 9.17) is 0 Å². The topological polar surface area (TPSA) is 34.1 Å². The molecule has 0 N–H and O–H groups in total. The molecule has 90 valence electrons. The van der Waals surface area contributed by atoms with Crippen LogP contribution >= 0.6 is 0 Å². The molecule has 2 saturated carbocycles. The third kappa shape index (κ3) is 2.72. The van der Waals surface area contributed by atoms with Gasteiger partial charge < -0.3 is 0 Å². The SMILES string of the molecule is CC1CCC(C(=O)C2CCCC(=O)C2)CC1. The summed E-state index contributed by atoms with van der Waals surface area (Å²) in [6.07, 6.45) is 7.62. The van der Waals surface area contributed by atoms with Crippen LogP contribution in [0.4, 0.5) is 0 Å². The molecule has 2 aliphatic rings. The van der Waals surface area contributed by atoms with Gasteiger partial charge in [-0.05, 0) is 31.6 Å². The van der Waals surface area contributed by atoms with Gasteiger partial charge in [0.05, 0.1) is 0 Å². The number of carbonyl (C=O) groups excluding carboxylic acids is 2. The molecule has 2 rings (SSSR count). The molecule has 2 fully saturated rings. The lowest BCUT2D eigenvalue weighted by molar-refractivity contribution is -0.133. The summed E-state index contributed by atoms with van der Waals surface area (Å²) < 4.78 is 0. The maximum absolute atomic E-state index is 12.3. The van der Waals surface area contributed by atoms with Crippen molar-refractivity contribution in [2.75, 3.05) is 0 Å². The molecule has 0 aromatic heterocycles. The highest BCUT2D eigenvalue weighted by Crippen LogP contribution is 2.33. The van der Waals surface area contributed by atoms with Crippen LogP contribution in [0.15, 0.2) is 0 Å². The Morgan fingerprint density at radius 2 is 1.75 bits per heavy atom. The molecule has 0 aliphatic heterocycles. The van der Waals surface area contributed by atoms with Gasteiger partial charge in [0, 0.05) is 24.7 Å². The second-order valence-electron chi connectivity index (χ2n) is 5.69. The van der Waals surface area contributed by atoms with E-state index < -0.39 is 0 Å². The van der Waals surface area contributed by atoms with E-state index >= 15 is 0 Å². The normalized spacial score (nSPS) is 36.1. The average molecular weight is 222 g/mol. The van der Waals surface area contributed by atoms with Crippen LogP contribution in [0.25, 0.3) is 0 Å². The maximum atomic E-state index is 12.3. The molecule has 1 atom stereocenters. The predicted octanol–water partition coefficient (Wildman–Crippen LogP) is 3.14. The van der Waals surface area contributed by atoms with Gasteiger partial charge in [0.2, 0.25) is 0 Å². The van der Waals surface area contributed by atoms with Crippen molar-refractivity contribution in [1.82, 2.24) is 0 Å². The van der Waals surface area contributed by atoms with Crippen molar-refractivity contribution in [3.63, 3.8) is 0 Å². The average Bonchev–Trinajstić information content (AvgIpc) is 2.29. The summed E-state index contributed by atoms with van der Waals surface area (Å²) in [5.41, 5.74) is 0. The van der Waals surface area contributed by atoms with E-state index in [0.717, 1.165) is 31.6 Å². The van der Waals surface area contributed by atoms with Crippen molar-refractivity contribution in [1.29, 1.82) is 0 Å². The fraction of sp³-hybridized carbons (Fsp3) is 0.857. The molecule has 0 amide bonds. The molecule has 2 heteroatoms. The summed E-state index contributed by atoms with van der Waals surface area (Å²) in [4.78, 5) is 23.6. The summed E-state index contributed by atoms with van der Waals surface area (Å²) in [5.74, 6) is 1.83. The first-order valence-corrected chi connectivity index (χ1v) is 6.72. The van der Waals surface area contributed by atoms with E-state index in [9.17, 15) is 9.59 Å². The second-order valence-corrected chi connectivity index (χ2v) is 5.69. The summed E-state index contributed by atoms with van der Waals surface area (Å²) in [6.45, 7) is 2.27. The van der Waals surface area contributed by atoms with Crippen molar-refractivity contribution >= 4 is 11.6 Å². The van der Waals surface area contributed by atoms with Crippen LogP contribution in [-0.4, -0.2) is 11.6 Å². The maximum Gasteiger partial charge on any atom is 0.139 e. The minimum absolute atomic E-state index is 0.0691. The smallest absolute Gasteiger partial charge is 0.139 e. The molecule has 0 bridgehead atoms. The van der Waals surface area contributed by atoms with Gasteiger partial charge in [-0.1, -0.05) is 19.8 Å². The molecule has 0 heterocycles. The molecule has 2 nitrogen and oxygen atoms in total. The first-order chi connectivity index (χ1) is 7.66. The highest BCUT2D eigenvalue weighted by molar-refractivity contribution is 5.90. The predicted molar refractivity (Wildman–Crippen MR) is 63.1 cm³/mol. The van der Waals surface area contributed by atoms with Crippen molar-refractivity contribution in [3.8, 4) is 0 Å². The number of rotatable bonds is 2. The fourth-order valence-corrected chi connectivity index (χ4v) is 3.15. The quantitative estimate of drug-likeness (QED) is 0.719. The van der Waals surface area contributed by atoms with Crippen LogP contribution in [0.1, 0.15) is 58.3 Å². The Morgan fingerprint density at radius 1 is 1.06 bits per heavy atom. The number of hydrogen-bond donors (Lipinski definition) is 0. The highest BCUT2D eigenvalue weighted by Gasteiger charge is 2.32. The van der Waals surface area contributed by atoms with Crippen LogP contribution in [-0.2, 0) is 9.59 Å². The summed E-state index contributed by atoms with van der Waals surface area (Å²) >= 11 is 0. The third-order valence-electron chi connectivity index (χ3n) is 4.30. The number of carbonyl (C=O) groups is 2. The zero-order valence-electron chi connectivity index (χ0n) is 10.2. The summed E-state index contributed by atoms with van der Waals surface area (Å²) in [7, 11) is 0. The van der Waals surface area contributed by atoms with Gasteiger partial charge in [-0.3, -0.25) is 9.59 Å². The Balaban J connectivity index is 1.89. The van der Waals surface area contributed by atoms with Crippen molar-refractivity contribution in [3.05, 3.63) is 0 Å². The standard InChI is InChI=1S/C14H22O2/c1-10-5-7-11(8-6-10)14(16)12-3-2-4-13(15)9-12/h10-12H,2-9H2,1H3. The van der Waals surface area contributed by atoms with E-state index in [2.05, 4.69) is 6.92 Å². The van der Waals surface area contributed by atoms with Gasteiger partial charge in [-0.15, -0.1) is 0 Å². The van der Waals surface area contributed by atoms with Crippen molar-refractivity contribution in [2.45, 2.75) is 58.3 Å². The Morgan fingerprint density at radius 3 is 2.38 bits per heavy atom. The van der Waals surface area contributed by atoms with Gasteiger partial charge >= 0.3 is 0 Å². The van der Waals surface area contributed by atoms with Gasteiger partial charge in [0.15, 0.2) is 0 Å². The third-order valence-corrected chi connectivity index (χ3v) is 4.30. The minimum Gasteiger partial charge on any atom is -0.300 e. The van der Waals surface area contributed by atoms with Crippen molar-refractivity contribution in [2.24, 2.45) is 17.8 Å². The van der Waals surface area contributed by atoms with Crippen LogP contribution in [0, 0.1) is 17.8 Å². The van der Waals surface area contributed by atoms with Gasteiger partial charge in [-0.2, -0.15) is 0 Å². The van der Waals surface area contributed by atoms with E-state index in [1.807, 2.05) is 0 Å². The molecular formula is C14H22O2. The largest absolute Gasteiger partial charge is 0.300 e. The van der Waals surface area contributed by atoms with E-state index in [1.165, 1.54) is 12.8 Å². The summed E-state index contributed by atoms with van der Waals surface area (Å²) in [5, 5.41) is 0. The molecule has 0 aromatic rings. The van der Waals surface area contributed by atoms with Gasteiger partial charge in [0.25, 0.3) is 0 Å². The molecule has 0 aromatic carbocycles. The van der Waals surface area contributed by atoms with Crippen LogP contribution in [0.3, 0.4) is 0 Å². The van der Waals surface area contributed by atoms with E-state index in [-0.39, 0.29) is 11.8 Å². The molecule has 1 unspecified atom stereocenters. The zero-order chi connectivity index (χ0) is 11.5. The van der Waals surface area contributed by atoms with Gasteiger partial charge in [0.1, 0.15) is 11.6 Å². The fourth-order valence-electron chi connectivity index (χ4n) is 3.15. The first-order valence-electron chi connectivity index (χ1n) is 6.72. The zero-order valence-corrected chi connectivity index (χ0v) is 10.2. The van der Waals surface area contributed by atoms with E-state index in [1.54, 1.807) is 0 Å². The van der Waals surface area contributed by atoms with E-state index in [0.29, 0.717) is 24.4 Å². The monoisotopic (exact) mass is 222 g/mol. The molecule has 0 spiro atoms. The molecule has 0 saturated heterocycles. The lowest BCUT2D eigenvalue weighted by Gasteiger charge is -2.29. The Labute approximate surface area is 97.8 Å². The second kappa shape index (κ2) is 5.11. The lowest BCUT2D eigenvalue weighted by atomic mass is 9.74. The Kier molecular flexibility index (Phi) is 3.78. The number of ketones is 2. The molecule has 2 aliphatic carbocycles. The van der Waals surface area contributed by atoms with Crippen LogP contribution < -0.4 is 0 Å². The highest BCUT2D eigenvalue weighted by atomic mass is 16.1. The first kappa shape index (κ1) is 11.8. The van der Waals surface area contributed by atoms with Crippen LogP contribution in [0.5, 0.6) is 0 Å². The lowest BCUT2D eigenvalue weighted by Crippen LogP contribution is -2.30. The van der Waals surface area contributed by atoms with Gasteiger partial charge in [-0.25, -0.2) is 0 Å². The Hall–Kier alpha value is -0.660.